The van der Waals surface area contributed by atoms with Gasteiger partial charge in [0.15, 0.2) is 0 Å². The highest BCUT2D eigenvalue weighted by Gasteiger charge is 2.17. The van der Waals surface area contributed by atoms with Gasteiger partial charge in [-0.1, -0.05) is 0 Å². The number of thioether (sulfide) groups is 1. The second-order valence-corrected chi connectivity index (χ2v) is 4.56. The van der Waals surface area contributed by atoms with Gasteiger partial charge in [0, 0.05) is 35.0 Å². The van der Waals surface area contributed by atoms with Gasteiger partial charge >= 0.3 is 0 Å². The van der Waals surface area contributed by atoms with Gasteiger partial charge in [-0.2, -0.15) is 11.8 Å². The molecule has 16 heavy (non-hydrogen) atoms. The Kier molecular flexibility index (Phi) is 2.25. The largest absolute Gasteiger partial charge is 0.306 e. The summed E-state index contributed by atoms with van der Waals surface area (Å²) in [6, 6.07) is 3.72. The van der Waals surface area contributed by atoms with Gasteiger partial charge in [0.05, 0.1) is 5.69 Å². The molecule has 0 fully saturated rings. The fourth-order valence-corrected chi connectivity index (χ4v) is 2.74. The van der Waals surface area contributed by atoms with Crippen molar-refractivity contribution in [1.29, 1.82) is 0 Å². The molecule has 0 spiro atoms. The number of aromatic amines is 1. The Bertz CT molecular complexity index is 580. The lowest BCUT2D eigenvalue weighted by Crippen LogP contribution is -2.15. The van der Waals surface area contributed by atoms with Crippen LogP contribution in [0.2, 0.25) is 0 Å². The Morgan fingerprint density at radius 2 is 2.31 bits per heavy atom. The normalized spacial score (nSPS) is 13.8. The second kappa shape index (κ2) is 3.75. The van der Waals surface area contributed by atoms with E-state index in [-0.39, 0.29) is 5.56 Å². The molecule has 2 aromatic heterocycles. The predicted octanol–water partition coefficient (Wildman–Crippen LogP) is 1.58. The molecule has 0 aromatic carbocycles. The summed E-state index contributed by atoms with van der Waals surface area (Å²) in [7, 11) is 0. The summed E-state index contributed by atoms with van der Waals surface area (Å²) in [5.41, 5.74) is 2.55. The van der Waals surface area contributed by atoms with Crippen molar-refractivity contribution in [2.75, 3.05) is 0 Å². The summed E-state index contributed by atoms with van der Waals surface area (Å²) in [5.74, 6) is 2.21. The number of hydrogen-bond acceptors (Lipinski definition) is 4. The van der Waals surface area contributed by atoms with Crippen molar-refractivity contribution in [3.05, 3.63) is 46.1 Å². The van der Waals surface area contributed by atoms with Crippen molar-refractivity contribution in [2.24, 2.45) is 0 Å². The molecule has 1 N–H and O–H groups in total. The fourth-order valence-electron chi connectivity index (χ4n) is 1.70. The molecule has 0 amide bonds. The highest BCUT2D eigenvalue weighted by Crippen LogP contribution is 2.26. The van der Waals surface area contributed by atoms with Crippen molar-refractivity contribution in [1.82, 2.24) is 15.0 Å². The van der Waals surface area contributed by atoms with Crippen molar-refractivity contribution < 1.29 is 0 Å². The van der Waals surface area contributed by atoms with Gasteiger partial charge in [0.25, 0.3) is 5.56 Å². The lowest BCUT2D eigenvalue weighted by molar-refractivity contribution is 1.03. The molecule has 80 valence electrons. The second-order valence-electron chi connectivity index (χ2n) is 3.57. The van der Waals surface area contributed by atoms with Gasteiger partial charge in [-0.05, 0) is 12.1 Å². The van der Waals surface area contributed by atoms with Crippen LogP contribution in [0.1, 0.15) is 11.3 Å². The first-order valence-corrected chi connectivity index (χ1v) is 6.10. The van der Waals surface area contributed by atoms with Crippen molar-refractivity contribution >= 4 is 11.8 Å². The Morgan fingerprint density at radius 3 is 3.12 bits per heavy atom. The van der Waals surface area contributed by atoms with E-state index in [1.54, 1.807) is 24.2 Å². The Balaban J connectivity index is 2.17. The molecule has 3 rings (SSSR count). The van der Waals surface area contributed by atoms with E-state index in [0.717, 1.165) is 28.3 Å². The first-order chi connectivity index (χ1) is 7.84. The van der Waals surface area contributed by atoms with E-state index in [1.807, 2.05) is 12.1 Å². The molecule has 1 aliphatic heterocycles. The zero-order chi connectivity index (χ0) is 11.0. The van der Waals surface area contributed by atoms with E-state index in [4.69, 9.17) is 0 Å². The quantitative estimate of drug-likeness (QED) is 0.809. The maximum Gasteiger partial charge on any atom is 0.255 e. The van der Waals surface area contributed by atoms with E-state index in [2.05, 4.69) is 15.0 Å². The van der Waals surface area contributed by atoms with Crippen LogP contribution in [0.4, 0.5) is 0 Å². The summed E-state index contributed by atoms with van der Waals surface area (Å²) in [6.07, 6.45) is 3.40. The molecular formula is C11H9N3OS. The number of aromatic nitrogens is 3. The van der Waals surface area contributed by atoms with E-state index >= 15 is 0 Å². The average Bonchev–Trinajstić information content (AvgIpc) is 2.79. The summed E-state index contributed by atoms with van der Waals surface area (Å²) in [6.45, 7) is 0. The highest BCUT2D eigenvalue weighted by molar-refractivity contribution is 7.98. The molecule has 0 atom stereocenters. The van der Waals surface area contributed by atoms with Crippen molar-refractivity contribution in [3.63, 3.8) is 0 Å². The van der Waals surface area contributed by atoms with Crippen LogP contribution < -0.4 is 5.56 Å². The summed E-state index contributed by atoms with van der Waals surface area (Å²) >= 11 is 1.72. The maximum absolute atomic E-state index is 11.8. The zero-order valence-corrected chi connectivity index (χ0v) is 9.25. The standard InChI is InChI=1S/C11H9N3OS/c15-11-8-5-16-6-9(8)13-10(14-11)7-2-1-3-12-4-7/h1-4H,5-6H2,(H,13,14,15). The Hall–Kier alpha value is -1.62. The van der Waals surface area contributed by atoms with Crippen LogP contribution in [0.3, 0.4) is 0 Å². The maximum atomic E-state index is 11.8. The van der Waals surface area contributed by atoms with Crippen LogP contribution in [0.25, 0.3) is 11.4 Å². The van der Waals surface area contributed by atoms with Gasteiger partial charge in [-0.3, -0.25) is 9.78 Å². The number of pyridine rings is 1. The number of nitrogens with zero attached hydrogens (tertiary/aromatic N) is 2. The SMILES string of the molecule is O=c1[nH]c(-c2cccnc2)nc2c1CSC2. The van der Waals surface area contributed by atoms with Crippen LogP contribution in [-0.4, -0.2) is 15.0 Å². The summed E-state index contributed by atoms with van der Waals surface area (Å²) < 4.78 is 0. The third kappa shape index (κ3) is 1.53. The predicted molar refractivity (Wildman–Crippen MR) is 63.1 cm³/mol. The first-order valence-electron chi connectivity index (χ1n) is 4.95. The molecule has 0 bridgehead atoms. The summed E-state index contributed by atoms with van der Waals surface area (Å²) in [4.78, 5) is 23.1. The van der Waals surface area contributed by atoms with E-state index in [1.165, 1.54) is 0 Å². The first kappa shape index (κ1) is 9.59. The lowest BCUT2D eigenvalue weighted by Gasteiger charge is -2.02. The molecule has 0 saturated heterocycles. The van der Waals surface area contributed by atoms with Crippen LogP contribution in [-0.2, 0) is 11.5 Å². The van der Waals surface area contributed by atoms with E-state index in [0.29, 0.717) is 5.82 Å². The van der Waals surface area contributed by atoms with Gasteiger partial charge in [-0.25, -0.2) is 4.98 Å². The average molecular weight is 231 g/mol. The van der Waals surface area contributed by atoms with Crippen molar-refractivity contribution in [2.45, 2.75) is 11.5 Å². The summed E-state index contributed by atoms with van der Waals surface area (Å²) in [5, 5.41) is 0. The number of rotatable bonds is 1. The van der Waals surface area contributed by atoms with Crippen LogP contribution in [0.5, 0.6) is 0 Å². The third-order valence-corrected chi connectivity index (χ3v) is 3.49. The lowest BCUT2D eigenvalue weighted by atomic mass is 10.2. The number of nitrogens with one attached hydrogen (secondary N) is 1. The monoisotopic (exact) mass is 231 g/mol. The molecule has 1 aliphatic rings. The van der Waals surface area contributed by atoms with E-state index < -0.39 is 0 Å². The van der Waals surface area contributed by atoms with Gasteiger partial charge in [0.2, 0.25) is 0 Å². The van der Waals surface area contributed by atoms with Crippen LogP contribution in [0, 0.1) is 0 Å². The van der Waals surface area contributed by atoms with E-state index in [9.17, 15) is 4.79 Å². The molecular weight excluding hydrogens is 222 g/mol. The fraction of sp³-hybridized carbons (Fsp3) is 0.182. The Morgan fingerprint density at radius 1 is 1.38 bits per heavy atom. The van der Waals surface area contributed by atoms with Crippen LogP contribution >= 0.6 is 11.8 Å². The minimum absolute atomic E-state index is 0.0196. The molecule has 0 unspecified atom stereocenters. The van der Waals surface area contributed by atoms with Gasteiger partial charge in [-0.15, -0.1) is 0 Å². The molecule has 2 aromatic rings. The molecule has 0 radical (unpaired) electrons. The van der Waals surface area contributed by atoms with Gasteiger partial charge < -0.3 is 4.98 Å². The third-order valence-electron chi connectivity index (χ3n) is 2.52. The van der Waals surface area contributed by atoms with Crippen LogP contribution in [0.15, 0.2) is 29.3 Å². The molecule has 4 nitrogen and oxygen atoms in total. The molecule has 0 aliphatic carbocycles. The minimum Gasteiger partial charge on any atom is -0.306 e. The minimum atomic E-state index is -0.0196. The highest BCUT2D eigenvalue weighted by atomic mass is 32.2. The zero-order valence-electron chi connectivity index (χ0n) is 8.43. The van der Waals surface area contributed by atoms with Gasteiger partial charge in [0.1, 0.15) is 5.82 Å². The number of H-pyrrole nitrogens is 1. The topological polar surface area (TPSA) is 58.6 Å². The van der Waals surface area contributed by atoms with Crippen molar-refractivity contribution in [3.8, 4) is 11.4 Å². The molecule has 3 heterocycles. The smallest absolute Gasteiger partial charge is 0.255 e. The molecule has 0 saturated carbocycles. The number of fused-ring (bicyclic) bond motifs is 1. The molecule has 5 heteroatoms. The Labute approximate surface area is 96.2 Å². The number of hydrogen-bond donors (Lipinski definition) is 1.